The lowest BCUT2D eigenvalue weighted by Crippen LogP contribution is -2.47. The number of rotatable bonds is 9. The van der Waals surface area contributed by atoms with Gasteiger partial charge in [-0.05, 0) is 48.2 Å². The summed E-state index contributed by atoms with van der Waals surface area (Å²) in [6.45, 7) is 2.37. The van der Waals surface area contributed by atoms with Crippen molar-refractivity contribution in [3.63, 3.8) is 0 Å². The maximum Gasteiger partial charge on any atom is 0.242 e. The maximum absolute atomic E-state index is 13.2. The number of nitrogens with one attached hydrogen (secondary N) is 1. The van der Waals surface area contributed by atoms with E-state index in [2.05, 4.69) is 5.32 Å². The molecule has 6 heteroatoms. The van der Waals surface area contributed by atoms with Crippen molar-refractivity contribution < 1.29 is 9.59 Å². The van der Waals surface area contributed by atoms with E-state index in [9.17, 15) is 9.59 Å². The van der Waals surface area contributed by atoms with Gasteiger partial charge >= 0.3 is 0 Å². The molecule has 0 aliphatic rings. The monoisotopic (exact) mass is 468 g/mol. The number of carbonyl (C=O) groups excluding carboxylic acids is 2. The summed E-state index contributed by atoms with van der Waals surface area (Å²) in [5.74, 6) is -0.309. The fourth-order valence-electron chi connectivity index (χ4n) is 3.38. The Hall–Kier alpha value is -2.82. The molecule has 0 aliphatic carbocycles. The van der Waals surface area contributed by atoms with Crippen LogP contribution in [0, 0.1) is 0 Å². The molecular weight excluding hydrogens is 443 g/mol. The zero-order chi connectivity index (χ0) is 22.9. The number of nitrogens with zero attached hydrogens (tertiary/aromatic N) is 1. The summed E-state index contributed by atoms with van der Waals surface area (Å²) >= 11 is 12.2. The molecule has 166 valence electrons. The van der Waals surface area contributed by atoms with Crippen molar-refractivity contribution in [2.24, 2.45) is 0 Å². The van der Waals surface area contributed by atoms with Crippen LogP contribution in [0.25, 0.3) is 0 Å². The third-order valence-corrected chi connectivity index (χ3v) is 5.94. The second-order valence-electron chi connectivity index (χ2n) is 7.62. The zero-order valence-corrected chi connectivity index (χ0v) is 19.4. The molecule has 0 saturated heterocycles. The molecule has 3 aromatic rings. The van der Waals surface area contributed by atoms with Gasteiger partial charge in [-0.2, -0.15) is 0 Å². The van der Waals surface area contributed by atoms with Gasteiger partial charge in [-0.15, -0.1) is 0 Å². The Kier molecular flexibility index (Phi) is 8.72. The predicted octanol–water partition coefficient (Wildman–Crippen LogP) is 5.66. The van der Waals surface area contributed by atoms with Gasteiger partial charge in [0, 0.05) is 29.6 Å². The third kappa shape index (κ3) is 6.84. The molecule has 0 spiro atoms. The second-order valence-corrected chi connectivity index (χ2v) is 8.46. The summed E-state index contributed by atoms with van der Waals surface area (Å²) in [7, 11) is 0. The summed E-state index contributed by atoms with van der Waals surface area (Å²) < 4.78 is 0. The summed E-state index contributed by atoms with van der Waals surface area (Å²) in [6, 6.07) is 23.9. The number of benzene rings is 3. The van der Waals surface area contributed by atoms with Gasteiger partial charge in [0.1, 0.15) is 6.04 Å². The molecule has 3 aromatic carbocycles. The lowest BCUT2D eigenvalue weighted by Gasteiger charge is -2.29. The second kappa shape index (κ2) is 11.7. The SMILES string of the molecule is C[C@H](C(=O)NCc1ccccc1Cl)N(Cc1ccc(Cl)cc1)C(=O)CCc1ccccc1. The molecule has 1 N–H and O–H groups in total. The molecule has 0 fully saturated rings. The summed E-state index contributed by atoms with van der Waals surface area (Å²) in [6.07, 6.45) is 0.935. The number of hydrogen-bond donors (Lipinski definition) is 1. The average Bonchev–Trinajstić information content (AvgIpc) is 2.81. The lowest BCUT2D eigenvalue weighted by atomic mass is 10.1. The average molecular weight is 469 g/mol. The first-order valence-corrected chi connectivity index (χ1v) is 11.3. The van der Waals surface area contributed by atoms with Crippen LogP contribution < -0.4 is 5.32 Å². The molecule has 4 nitrogen and oxygen atoms in total. The number of amides is 2. The van der Waals surface area contributed by atoms with Crippen molar-refractivity contribution in [3.8, 4) is 0 Å². The normalized spacial score (nSPS) is 11.6. The van der Waals surface area contributed by atoms with Gasteiger partial charge < -0.3 is 10.2 Å². The molecule has 2 amide bonds. The van der Waals surface area contributed by atoms with E-state index in [-0.39, 0.29) is 11.8 Å². The zero-order valence-electron chi connectivity index (χ0n) is 17.9. The lowest BCUT2D eigenvalue weighted by molar-refractivity contribution is -0.140. The molecular formula is C26H26Cl2N2O2. The highest BCUT2D eigenvalue weighted by atomic mass is 35.5. The quantitative estimate of drug-likeness (QED) is 0.440. The first-order valence-electron chi connectivity index (χ1n) is 10.5. The van der Waals surface area contributed by atoms with E-state index in [1.807, 2.05) is 60.7 Å². The molecule has 0 unspecified atom stereocenters. The van der Waals surface area contributed by atoms with Crippen molar-refractivity contribution in [1.29, 1.82) is 0 Å². The molecule has 0 saturated carbocycles. The van der Waals surface area contributed by atoms with Gasteiger partial charge in [0.2, 0.25) is 11.8 Å². The minimum Gasteiger partial charge on any atom is -0.350 e. The van der Waals surface area contributed by atoms with E-state index in [0.29, 0.717) is 36.0 Å². The van der Waals surface area contributed by atoms with Crippen LogP contribution in [0.15, 0.2) is 78.9 Å². The highest BCUT2D eigenvalue weighted by Gasteiger charge is 2.26. The molecule has 0 aliphatic heterocycles. The van der Waals surface area contributed by atoms with Crippen LogP contribution in [0.4, 0.5) is 0 Å². The minimum atomic E-state index is -0.642. The van der Waals surface area contributed by atoms with Crippen LogP contribution in [0.5, 0.6) is 0 Å². The molecule has 32 heavy (non-hydrogen) atoms. The van der Waals surface area contributed by atoms with E-state index in [1.165, 1.54) is 0 Å². The first kappa shape index (κ1) is 23.8. The maximum atomic E-state index is 13.2. The number of carbonyl (C=O) groups is 2. The van der Waals surface area contributed by atoms with E-state index in [4.69, 9.17) is 23.2 Å². The Morgan fingerprint density at radius 2 is 1.53 bits per heavy atom. The standard InChI is InChI=1S/C26H26Cl2N2O2/c1-19(26(32)29-17-22-9-5-6-10-24(22)28)30(18-21-11-14-23(27)15-12-21)25(31)16-13-20-7-3-2-4-8-20/h2-12,14-15,19H,13,16-18H2,1H3,(H,29,32)/t19-/m1/s1. The van der Waals surface area contributed by atoms with E-state index >= 15 is 0 Å². The summed E-state index contributed by atoms with van der Waals surface area (Å²) in [5.41, 5.74) is 2.82. The van der Waals surface area contributed by atoms with Gasteiger partial charge in [-0.3, -0.25) is 9.59 Å². The summed E-state index contributed by atoms with van der Waals surface area (Å²) in [4.78, 5) is 27.7. The van der Waals surface area contributed by atoms with Crippen LogP contribution in [0.2, 0.25) is 10.0 Å². The largest absolute Gasteiger partial charge is 0.350 e. The summed E-state index contributed by atoms with van der Waals surface area (Å²) in [5, 5.41) is 4.13. The van der Waals surface area contributed by atoms with Crippen molar-refractivity contribution >= 4 is 35.0 Å². The van der Waals surface area contributed by atoms with Crippen molar-refractivity contribution in [1.82, 2.24) is 10.2 Å². The predicted molar refractivity (Wildman–Crippen MR) is 130 cm³/mol. The van der Waals surface area contributed by atoms with Crippen molar-refractivity contribution in [2.75, 3.05) is 0 Å². The molecule has 1 atom stereocenters. The Labute approximate surface area is 199 Å². The number of halogens is 2. The van der Waals surface area contributed by atoms with Crippen LogP contribution in [0.1, 0.15) is 30.0 Å². The van der Waals surface area contributed by atoms with Gasteiger partial charge in [-0.25, -0.2) is 0 Å². The molecule has 0 aromatic heterocycles. The van der Waals surface area contributed by atoms with E-state index in [0.717, 1.165) is 16.7 Å². The third-order valence-electron chi connectivity index (χ3n) is 5.31. The van der Waals surface area contributed by atoms with Crippen molar-refractivity contribution in [3.05, 3.63) is 106 Å². The molecule has 0 heterocycles. The fraction of sp³-hybridized carbons (Fsp3) is 0.231. The van der Waals surface area contributed by atoms with Gasteiger partial charge in [0.05, 0.1) is 0 Å². The Bertz CT molecular complexity index is 1040. The highest BCUT2D eigenvalue weighted by molar-refractivity contribution is 6.31. The van der Waals surface area contributed by atoms with Crippen LogP contribution in [0.3, 0.4) is 0 Å². The van der Waals surface area contributed by atoms with Gasteiger partial charge in [-0.1, -0.05) is 83.9 Å². The Morgan fingerprint density at radius 1 is 0.875 bits per heavy atom. The highest BCUT2D eigenvalue weighted by Crippen LogP contribution is 2.17. The Morgan fingerprint density at radius 3 is 2.22 bits per heavy atom. The number of hydrogen-bond acceptors (Lipinski definition) is 2. The minimum absolute atomic E-state index is 0.0794. The molecule has 3 rings (SSSR count). The smallest absolute Gasteiger partial charge is 0.242 e. The van der Waals surface area contributed by atoms with Crippen molar-refractivity contribution in [2.45, 2.75) is 38.9 Å². The van der Waals surface area contributed by atoms with E-state index in [1.54, 1.807) is 30.0 Å². The van der Waals surface area contributed by atoms with Gasteiger partial charge in [0.15, 0.2) is 0 Å². The van der Waals surface area contributed by atoms with Crippen LogP contribution in [-0.2, 0) is 29.1 Å². The topological polar surface area (TPSA) is 49.4 Å². The van der Waals surface area contributed by atoms with Crippen LogP contribution >= 0.6 is 23.2 Å². The Balaban J connectivity index is 1.70. The molecule has 0 radical (unpaired) electrons. The van der Waals surface area contributed by atoms with Gasteiger partial charge in [0.25, 0.3) is 0 Å². The molecule has 0 bridgehead atoms. The number of aryl methyl sites for hydroxylation is 1. The first-order chi connectivity index (χ1) is 15.4. The van der Waals surface area contributed by atoms with E-state index < -0.39 is 6.04 Å². The fourth-order valence-corrected chi connectivity index (χ4v) is 3.71. The van der Waals surface area contributed by atoms with Crippen LogP contribution in [-0.4, -0.2) is 22.8 Å².